The van der Waals surface area contributed by atoms with Crippen molar-refractivity contribution >= 4 is 6.09 Å². The van der Waals surface area contributed by atoms with E-state index in [1.807, 2.05) is 39.8 Å². The second kappa shape index (κ2) is 4.34. The van der Waals surface area contributed by atoms with E-state index in [0.29, 0.717) is 5.75 Å². The van der Waals surface area contributed by atoms with Gasteiger partial charge in [0, 0.05) is 5.54 Å². The average Bonchev–Trinajstić information content (AvgIpc) is 2.05. The molecule has 1 aromatic rings. The molecule has 0 spiro atoms. The Balaban J connectivity index is 2.55. The molecule has 3 nitrogen and oxygen atoms in total. The lowest BCUT2D eigenvalue weighted by Crippen LogP contribution is -2.42. The highest BCUT2D eigenvalue weighted by Crippen LogP contribution is 2.12. The second-order valence-corrected chi connectivity index (χ2v) is 4.58. The number of benzene rings is 1. The zero-order chi connectivity index (χ0) is 11.5. The van der Waals surface area contributed by atoms with E-state index in [4.69, 9.17) is 4.74 Å². The first-order valence-electron chi connectivity index (χ1n) is 4.93. The number of carbonyl (C=O) groups excluding carboxylic acids is 1. The zero-order valence-electron chi connectivity index (χ0n) is 9.63. The summed E-state index contributed by atoms with van der Waals surface area (Å²) in [5.74, 6) is 0.558. The standard InChI is InChI=1S/C12H17NO2/c1-9-5-7-10(8-6-9)15-11(14)13-12(2,3)4/h5-8H,1-4H3,(H,13,14). The van der Waals surface area contributed by atoms with Gasteiger partial charge in [0.25, 0.3) is 0 Å². The maximum atomic E-state index is 11.4. The van der Waals surface area contributed by atoms with Crippen molar-refractivity contribution in [2.75, 3.05) is 0 Å². The summed E-state index contributed by atoms with van der Waals surface area (Å²) in [5.41, 5.74) is 0.862. The SMILES string of the molecule is Cc1ccc(OC(=O)NC(C)(C)C)cc1. The molecule has 0 aliphatic heterocycles. The molecule has 1 amide bonds. The van der Waals surface area contributed by atoms with Crippen LogP contribution in [0.5, 0.6) is 5.75 Å². The molecule has 0 heterocycles. The van der Waals surface area contributed by atoms with E-state index in [0.717, 1.165) is 5.56 Å². The van der Waals surface area contributed by atoms with E-state index in [-0.39, 0.29) is 5.54 Å². The first-order valence-corrected chi connectivity index (χ1v) is 4.93. The van der Waals surface area contributed by atoms with Crippen LogP contribution in [0.4, 0.5) is 4.79 Å². The first kappa shape index (κ1) is 11.6. The molecule has 0 bridgehead atoms. The quantitative estimate of drug-likeness (QED) is 0.769. The minimum atomic E-state index is -0.425. The van der Waals surface area contributed by atoms with Crippen molar-refractivity contribution in [3.8, 4) is 5.75 Å². The summed E-state index contributed by atoms with van der Waals surface area (Å²) in [6.07, 6.45) is -0.425. The largest absolute Gasteiger partial charge is 0.413 e. The maximum absolute atomic E-state index is 11.4. The van der Waals surface area contributed by atoms with Gasteiger partial charge >= 0.3 is 6.09 Å². The molecule has 0 saturated heterocycles. The fraction of sp³-hybridized carbons (Fsp3) is 0.417. The minimum absolute atomic E-state index is 0.276. The van der Waals surface area contributed by atoms with Crippen LogP contribution in [0.25, 0.3) is 0 Å². The monoisotopic (exact) mass is 207 g/mol. The number of amides is 1. The molecule has 0 saturated carbocycles. The third-order valence-corrected chi connectivity index (χ3v) is 1.71. The fourth-order valence-electron chi connectivity index (χ4n) is 1.05. The topological polar surface area (TPSA) is 38.3 Å². The second-order valence-electron chi connectivity index (χ2n) is 4.58. The lowest BCUT2D eigenvalue weighted by Gasteiger charge is -2.19. The van der Waals surface area contributed by atoms with Gasteiger partial charge in [0.15, 0.2) is 0 Å². The summed E-state index contributed by atoms with van der Waals surface area (Å²) in [4.78, 5) is 11.4. The van der Waals surface area contributed by atoms with Crippen LogP contribution in [0, 0.1) is 6.92 Å². The lowest BCUT2D eigenvalue weighted by molar-refractivity contribution is 0.190. The molecular weight excluding hydrogens is 190 g/mol. The van der Waals surface area contributed by atoms with Crippen molar-refractivity contribution in [2.45, 2.75) is 33.2 Å². The van der Waals surface area contributed by atoms with Gasteiger partial charge in [-0.05, 0) is 39.8 Å². The average molecular weight is 207 g/mol. The molecule has 0 atom stereocenters. The van der Waals surface area contributed by atoms with Gasteiger partial charge in [-0.15, -0.1) is 0 Å². The third-order valence-electron chi connectivity index (χ3n) is 1.71. The molecule has 0 radical (unpaired) electrons. The predicted octanol–water partition coefficient (Wildman–Crippen LogP) is 2.88. The number of carbonyl (C=O) groups is 1. The molecule has 0 aliphatic carbocycles. The van der Waals surface area contributed by atoms with Crippen LogP contribution < -0.4 is 10.1 Å². The summed E-state index contributed by atoms with van der Waals surface area (Å²) < 4.78 is 5.10. The van der Waals surface area contributed by atoms with Gasteiger partial charge in [-0.25, -0.2) is 4.79 Å². The first-order chi connectivity index (χ1) is 6.87. The lowest BCUT2D eigenvalue weighted by atomic mass is 10.1. The van der Waals surface area contributed by atoms with Crippen LogP contribution in [0.1, 0.15) is 26.3 Å². The molecule has 0 aliphatic rings. The molecule has 1 rings (SSSR count). The van der Waals surface area contributed by atoms with Crippen molar-refractivity contribution in [3.63, 3.8) is 0 Å². The highest BCUT2D eigenvalue weighted by molar-refractivity contribution is 5.71. The Morgan fingerprint density at radius 1 is 1.20 bits per heavy atom. The zero-order valence-corrected chi connectivity index (χ0v) is 9.63. The molecule has 3 heteroatoms. The molecule has 15 heavy (non-hydrogen) atoms. The summed E-state index contributed by atoms with van der Waals surface area (Å²) >= 11 is 0. The Bertz CT molecular complexity index is 336. The number of aryl methyl sites for hydroxylation is 1. The predicted molar refractivity (Wildman–Crippen MR) is 60.1 cm³/mol. The van der Waals surface area contributed by atoms with Gasteiger partial charge in [-0.2, -0.15) is 0 Å². The van der Waals surface area contributed by atoms with E-state index in [9.17, 15) is 4.79 Å². The van der Waals surface area contributed by atoms with Crippen molar-refractivity contribution < 1.29 is 9.53 Å². The molecule has 0 fully saturated rings. The van der Waals surface area contributed by atoms with E-state index < -0.39 is 6.09 Å². The van der Waals surface area contributed by atoms with Gasteiger partial charge in [-0.1, -0.05) is 17.7 Å². The van der Waals surface area contributed by atoms with Crippen LogP contribution in [0.3, 0.4) is 0 Å². The van der Waals surface area contributed by atoms with Gasteiger partial charge in [0.1, 0.15) is 5.75 Å². The minimum Gasteiger partial charge on any atom is -0.410 e. The van der Waals surface area contributed by atoms with Crippen LogP contribution in [-0.4, -0.2) is 11.6 Å². The Hall–Kier alpha value is -1.51. The van der Waals surface area contributed by atoms with Crippen molar-refractivity contribution in [1.82, 2.24) is 5.32 Å². The van der Waals surface area contributed by atoms with E-state index in [1.165, 1.54) is 0 Å². The van der Waals surface area contributed by atoms with Crippen molar-refractivity contribution in [2.24, 2.45) is 0 Å². The molecule has 82 valence electrons. The number of hydrogen-bond donors (Lipinski definition) is 1. The number of ether oxygens (including phenoxy) is 1. The molecule has 1 N–H and O–H groups in total. The van der Waals surface area contributed by atoms with Crippen LogP contribution in [-0.2, 0) is 0 Å². The summed E-state index contributed by atoms with van der Waals surface area (Å²) in [6.45, 7) is 7.70. The number of rotatable bonds is 1. The van der Waals surface area contributed by atoms with E-state index in [1.54, 1.807) is 12.1 Å². The van der Waals surface area contributed by atoms with Crippen molar-refractivity contribution in [3.05, 3.63) is 29.8 Å². The highest BCUT2D eigenvalue weighted by atomic mass is 16.6. The van der Waals surface area contributed by atoms with E-state index in [2.05, 4.69) is 5.32 Å². The van der Waals surface area contributed by atoms with Crippen LogP contribution >= 0.6 is 0 Å². The summed E-state index contributed by atoms with van der Waals surface area (Å²) in [7, 11) is 0. The summed E-state index contributed by atoms with van der Waals surface area (Å²) in [6, 6.07) is 7.36. The Kier molecular flexibility index (Phi) is 3.35. The molecule has 0 aromatic heterocycles. The Morgan fingerprint density at radius 2 is 1.73 bits per heavy atom. The van der Waals surface area contributed by atoms with Crippen LogP contribution in [0.2, 0.25) is 0 Å². The van der Waals surface area contributed by atoms with Crippen LogP contribution in [0.15, 0.2) is 24.3 Å². The molecule has 1 aromatic carbocycles. The van der Waals surface area contributed by atoms with Gasteiger partial charge in [0.2, 0.25) is 0 Å². The van der Waals surface area contributed by atoms with Crippen molar-refractivity contribution in [1.29, 1.82) is 0 Å². The smallest absolute Gasteiger partial charge is 0.410 e. The fourth-order valence-corrected chi connectivity index (χ4v) is 1.05. The third kappa shape index (κ3) is 4.49. The van der Waals surface area contributed by atoms with Gasteiger partial charge in [0.05, 0.1) is 0 Å². The normalized spacial score (nSPS) is 10.9. The van der Waals surface area contributed by atoms with E-state index >= 15 is 0 Å². The van der Waals surface area contributed by atoms with Gasteiger partial charge in [-0.3, -0.25) is 0 Å². The Labute approximate surface area is 90.4 Å². The summed E-state index contributed by atoms with van der Waals surface area (Å²) in [5, 5.41) is 2.72. The number of hydrogen-bond acceptors (Lipinski definition) is 2. The molecular formula is C12H17NO2. The molecule has 0 unspecified atom stereocenters. The Morgan fingerprint density at radius 3 is 2.20 bits per heavy atom. The highest BCUT2D eigenvalue weighted by Gasteiger charge is 2.14. The van der Waals surface area contributed by atoms with Gasteiger partial charge < -0.3 is 10.1 Å². The maximum Gasteiger partial charge on any atom is 0.413 e. The number of nitrogens with one attached hydrogen (secondary N) is 1.